The Hall–Kier alpha value is -1.85. The van der Waals surface area contributed by atoms with E-state index in [0.29, 0.717) is 5.65 Å². The molecule has 0 spiro atoms. The van der Waals surface area contributed by atoms with E-state index in [4.69, 9.17) is 5.11 Å². The molecule has 2 N–H and O–H groups in total. The summed E-state index contributed by atoms with van der Waals surface area (Å²) in [5.41, 5.74) is 0.458. The third-order valence-corrected chi connectivity index (χ3v) is 1.35. The monoisotopic (exact) mass is 152 g/mol. The molecule has 0 unspecified atom stereocenters. The second kappa shape index (κ2) is 1.82. The summed E-state index contributed by atoms with van der Waals surface area (Å²) >= 11 is 0. The summed E-state index contributed by atoms with van der Waals surface area (Å²) in [6, 6.07) is 0. The molecule has 0 radical (unpaired) electrons. The van der Waals surface area contributed by atoms with E-state index in [1.807, 2.05) is 0 Å². The number of rotatable bonds is 1. The Morgan fingerprint density at radius 2 is 2.55 bits per heavy atom. The minimum absolute atomic E-state index is 0.127. The SMILES string of the molecule is O=C(O)c1c[nH]n2ncnc12. The zero-order chi connectivity index (χ0) is 7.84. The second-order valence-electron chi connectivity index (χ2n) is 1.99. The molecule has 2 rings (SSSR count). The van der Waals surface area contributed by atoms with E-state index in [9.17, 15) is 4.79 Å². The maximum atomic E-state index is 10.5. The number of hydrogen-bond acceptors (Lipinski definition) is 3. The number of H-pyrrole nitrogens is 1. The van der Waals surface area contributed by atoms with E-state index < -0.39 is 5.97 Å². The van der Waals surface area contributed by atoms with Crippen molar-refractivity contribution in [2.45, 2.75) is 0 Å². The highest BCUT2D eigenvalue weighted by molar-refractivity contribution is 5.93. The Labute approximate surface area is 60.5 Å². The van der Waals surface area contributed by atoms with E-state index in [-0.39, 0.29) is 5.56 Å². The lowest BCUT2D eigenvalue weighted by molar-refractivity contribution is 0.0699. The Kier molecular flexibility index (Phi) is 0.974. The van der Waals surface area contributed by atoms with Gasteiger partial charge >= 0.3 is 5.97 Å². The van der Waals surface area contributed by atoms with Gasteiger partial charge in [-0.25, -0.2) is 9.78 Å². The van der Waals surface area contributed by atoms with Crippen LogP contribution in [0.25, 0.3) is 5.65 Å². The molecule has 0 bridgehead atoms. The van der Waals surface area contributed by atoms with Crippen molar-refractivity contribution < 1.29 is 9.90 Å². The van der Waals surface area contributed by atoms with Crippen molar-refractivity contribution in [3.63, 3.8) is 0 Å². The van der Waals surface area contributed by atoms with Crippen LogP contribution in [0.4, 0.5) is 0 Å². The van der Waals surface area contributed by atoms with Crippen LogP contribution in [0.2, 0.25) is 0 Å². The van der Waals surface area contributed by atoms with Crippen LogP contribution in [0.5, 0.6) is 0 Å². The molecule has 56 valence electrons. The number of aromatic nitrogens is 4. The molecular formula is C5H4N4O2. The van der Waals surface area contributed by atoms with Crippen molar-refractivity contribution in [1.29, 1.82) is 0 Å². The number of carboxylic acid groups (broad SMARTS) is 1. The lowest BCUT2D eigenvalue weighted by atomic mass is 10.3. The third-order valence-electron chi connectivity index (χ3n) is 1.35. The zero-order valence-electron chi connectivity index (χ0n) is 5.35. The average molecular weight is 152 g/mol. The summed E-state index contributed by atoms with van der Waals surface area (Å²) in [5.74, 6) is -1.01. The molecule has 0 aliphatic heterocycles. The fourth-order valence-electron chi connectivity index (χ4n) is 0.867. The van der Waals surface area contributed by atoms with Crippen molar-refractivity contribution >= 4 is 11.6 Å². The van der Waals surface area contributed by atoms with Gasteiger partial charge in [-0.3, -0.25) is 5.10 Å². The van der Waals surface area contributed by atoms with Crippen molar-refractivity contribution in [2.75, 3.05) is 0 Å². The van der Waals surface area contributed by atoms with Crippen LogP contribution in [0, 0.1) is 0 Å². The molecule has 2 aromatic heterocycles. The standard InChI is InChI=1S/C5H4N4O2/c10-5(11)3-1-7-9-4(3)6-2-8-9/h1-2,7H,(H,10,11). The number of nitrogens with one attached hydrogen (secondary N) is 1. The summed E-state index contributed by atoms with van der Waals surface area (Å²) in [5, 5.41) is 14.9. The summed E-state index contributed by atoms with van der Waals surface area (Å²) in [7, 11) is 0. The van der Waals surface area contributed by atoms with Crippen LogP contribution >= 0.6 is 0 Å². The zero-order valence-corrected chi connectivity index (χ0v) is 5.35. The summed E-state index contributed by atoms with van der Waals surface area (Å²) in [6.45, 7) is 0. The number of carbonyl (C=O) groups is 1. The normalized spacial score (nSPS) is 10.5. The van der Waals surface area contributed by atoms with Crippen molar-refractivity contribution in [1.82, 2.24) is 19.8 Å². The van der Waals surface area contributed by atoms with E-state index in [1.54, 1.807) is 0 Å². The number of carboxylic acids is 1. The van der Waals surface area contributed by atoms with Crippen molar-refractivity contribution in [3.05, 3.63) is 18.1 Å². The van der Waals surface area contributed by atoms with Gasteiger partial charge in [0.1, 0.15) is 11.9 Å². The van der Waals surface area contributed by atoms with Gasteiger partial charge in [-0.2, -0.15) is 4.63 Å². The molecule has 0 saturated carbocycles. The highest BCUT2D eigenvalue weighted by atomic mass is 16.4. The first kappa shape index (κ1) is 5.90. The summed E-state index contributed by atoms with van der Waals surface area (Å²) in [4.78, 5) is 14.2. The topological polar surface area (TPSA) is 83.3 Å². The van der Waals surface area contributed by atoms with E-state index in [0.717, 1.165) is 0 Å². The van der Waals surface area contributed by atoms with Crippen LogP contribution in [-0.2, 0) is 0 Å². The highest BCUT2D eigenvalue weighted by Crippen LogP contribution is 2.04. The smallest absolute Gasteiger partial charge is 0.341 e. The maximum Gasteiger partial charge on any atom is 0.341 e. The summed E-state index contributed by atoms with van der Waals surface area (Å²) in [6.07, 6.45) is 2.63. The molecule has 0 amide bonds. The molecule has 0 aliphatic rings. The summed E-state index contributed by atoms with van der Waals surface area (Å²) < 4.78 is 1.30. The van der Waals surface area contributed by atoms with Crippen molar-refractivity contribution in [2.24, 2.45) is 0 Å². The molecule has 0 fully saturated rings. The van der Waals surface area contributed by atoms with Crippen LogP contribution < -0.4 is 0 Å². The number of aromatic carboxylic acids is 1. The van der Waals surface area contributed by atoms with Gasteiger partial charge in [0, 0.05) is 6.20 Å². The molecule has 2 heterocycles. The van der Waals surface area contributed by atoms with Gasteiger partial charge in [0.15, 0.2) is 5.65 Å². The molecule has 6 heteroatoms. The number of hydrogen-bond donors (Lipinski definition) is 2. The first-order valence-corrected chi connectivity index (χ1v) is 2.89. The predicted molar refractivity (Wildman–Crippen MR) is 34.3 cm³/mol. The van der Waals surface area contributed by atoms with E-state index in [1.165, 1.54) is 17.2 Å². The van der Waals surface area contributed by atoms with Crippen molar-refractivity contribution in [3.8, 4) is 0 Å². The number of fused-ring (bicyclic) bond motifs is 1. The minimum atomic E-state index is -1.01. The molecule has 2 aromatic rings. The van der Waals surface area contributed by atoms with Gasteiger partial charge < -0.3 is 5.11 Å². The lowest BCUT2D eigenvalue weighted by Crippen LogP contribution is -1.94. The average Bonchev–Trinajstić information content (AvgIpc) is 2.41. The number of aromatic amines is 1. The van der Waals surface area contributed by atoms with Gasteiger partial charge in [0.05, 0.1) is 0 Å². The Balaban J connectivity index is 2.78. The molecule has 0 saturated heterocycles. The van der Waals surface area contributed by atoms with E-state index in [2.05, 4.69) is 15.2 Å². The first-order valence-electron chi connectivity index (χ1n) is 2.89. The van der Waals surface area contributed by atoms with Gasteiger partial charge in [-0.1, -0.05) is 0 Å². The molecule has 0 aromatic carbocycles. The van der Waals surface area contributed by atoms with E-state index >= 15 is 0 Å². The van der Waals surface area contributed by atoms with Crippen LogP contribution in [0.15, 0.2) is 12.5 Å². The van der Waals surface area contributed by atoms with Crippen LogP contribution in [0.1, 0.15) is 10.4 Å². The van der Waals surface area contributed by atoms with Gasteiger partial charge in [-0.15, -0.1) is 5.10 Å². The molecular weight excluding hydrogens is 148 g/mol. The fourth-order valence-corrected chi connectivity index (χ4v) is 0.867. The fraction of sp³-hybridized carbons (Fsp3) is 0. The first-order chi connectivity index (χ1) is 5.29. The lowest BCUT2D eigenvalue weighted by Gasteiger charge is -1.81. The van der Waals surface area contributed by atoms with Crippen LogP contribution in [0.3, 0.4) is 0 Å². The molecule has 0 atom stereocenters. The Morgan fingerprint density at radius 3 is 3.27 bits per heavy atom. The quantitative estimate of drug-likeness (QED) is 0.590. The van der Waals surface area contributed by atoms with Gasteiger partial charge in [-0.05, 0) is 0 Å². The third kappa shape index (κ3) is 0.689. The Morgan fingerprint density at radius 1 is 1.73 bits per heavy atom. The van der Waals surface area contributed by atoms with Gasteiger partial charge in [0.2, 0.25) is 0 Å². The van der Waals surface area contributed by atoms with Gasteiger partial charge in [0.25, 0.3) is 0 Å². The maximum absolute atomic E-state index is 10.5. The second-order valence-corrected chi connectivity index (χ2v) is 1.99. The van der Waals surface area contributed by atoms with Crippen LogP contribution in [-0.4, -0.2) is 30.9 Å². The molecule has 6 nitrogen and oxygen atoms in total. The Bertz CT molecular complexity index is 401. The number of nitrogens with zero attached hydrogens (tertiary/aromatic N) is 3. The molecule has 0 aliphatic carbocycles. The minimum Gasteiger partial charge on any atom is -0.477 e. The predicted octanol–water partition coefficient (Wildman–Crippen LogP) is -0.244. The largest absolute Gasteiger partial charge is 0.477 e. The molecule has 11 heavy (non-hydrogen) atoms. The highest BCUT2D eigenvalue weighted by Gasteiger charge is 2.11.